The first kappa shape index (κ1) is 14.8. The van der Waals surface area contributed by atoms with Gasteiger partial charge in [0.2, 0.25) is 5.91 Å². The topological polar surface area (TPSA) is 101 Å². The lowest BCUT2D eigenvalue weighted by Gasteiger charge is -2.04. The van der Waals surface area contributed by atoms with Gasteiger partial charge in [-0.15, -0.1) is 0 Å². The molecular weight excluding hydrogens is 274 g/mol. The maximum absolute atomic E-state index is 12.4. The van der Waals surface area contributed by atoms with Crippen LogP contribution in [0.4, 0.5) is 0 Å². The number of aryl methyl sites for hydroxylation is 1. The number of carbonyl (C=O) groups excluding carboxylic acids is 2. The molecule has 0 aliphatic heterocycles. The summed E-state index contributed by atoms with van der Waals surface area (Å²) >= 11 is 0. The third-order valence-electron chi connectivity index (χ3n) is 3.29. The van der Waals surface area contributed by atoms with E-state index in [0.717, 1.165) is 6.42 Å². The van der Waals surface area contributed by atoms with Crippen LogP contribution in [-0.4, -0.2) is 23.6 Å². The summed E-state index contributed by atoms with van der Waals surface area (Å²) < 4.78 is 7.05. The van der Waals surface area contributed by atoms with Crippen molar-refractivity contribution in [2.75, 3.05) is 7.11 Å². The molecule has 0 spiro atoms. The van der Waals surface area contributed by atoms with E-state index in [0.29, 0.717) is 28.1 Å². The summed E-state index contributed by atoms with van der Waals surface area (Å²) in [6, 6.07) is 4.68. The third-order valence-corrected chi connectivity index (χ3v) is 3.29. The number of methoxy groups -OCH3 is 1. The SMILES string of the molecule is CCCn1c(CC(=O)OC)[n+]([O-])c2cc(C(N)=O)ccc21. The van der Waals surface area contributed by atoms with Crippen LogP contribution in [0.1, 0.15) is 29.5 Å². The number of hydrogen-bond acceptors (Lipinski definition) is 4. The average molecular weight is 291 g/mol. The van der Waals surface area contributed by atoms with Gasteiger partial charge in [0.1, 0.15) is 6.42 Å². The fraction of sp³-hybridized carbons (Fsp3) is 0.357. The van der Waals surface area contributed by atoms with Crippen LogP contribution < -0.4 is 10.5 Å². The van der Waals surface area contributed by atoms with Gasteiger partial charge in [0, 0.05) is 11.6 Å². The lowest BCUT2D eigenvalue weighted by Crippen LogP contribution is -2.33. The van der Waals surface area contributed by atoms with E-state index >= 15 is 0 Å². The number of ether oxygens (including phenoxy) is 1. The first-order chi connectivity index (χ1) is 9.99. The van der Waals surface area contributed by atoms with Crippen LogP contribution in [0, 0.1) is 5.21 Å². The minimum absolute atomic E-state index is 0.124. The molecule has 0 fully saturated rings. The van der Waals surface area contributed by atoms with Gasteiger partial charge in [-0.05, 0) is 18.6 Å². The van der Waals surface area contributed by atoms with E-state index in [-0.39, 0.29) is 12.0 Å². The monoisotopic (exact) mass is 291 g/mol. The van der Waals surface area contributed by atoms with E-state index < -0.39 is 11.9 Å². The van der Waals surface area contributed by atoms with Gasteiger partial charge in [-0.3, -0.25) is 9.59 Å². The number of imidazole rings is 1. The van der Waals surface area contributed by atoms with Gasteiger partial charge < -0.3 is 15.7 Å². The molecule has 7 nitrogen and oxygen atoms in total. The second-order valence-corrected chi connectivity index (χ2v) is 4.68. The van der Waals surface area contributed by atoms with Crippen molar-refractivity contribution in [1.29, 1.82) is 0 Å². The van der Waals surface area contributed by atoms with Gasteiger partial charge in [-0.1, -0.05) is 6.92 Å². The Bertz CT molecular complexity index is 706. The van der Waals surface area contributed by atoms with Crippen LogP contribution in [0.3, 0.4) is 0 Å². The van der Waals surface area contributed by atoms with Crippen molar-refractivity contribution in [3.63, 3.8) is 0 Å². The Balaban J connectivity index is 2.65. The molecule has 21 heavy (non-hydrogen) atoms. The number of nitrogens with two attached hydrogens (primary N) is 1. The number of nitrogens with zero attached hydrogens (tertiary/aromatic N) is 2. The summed E-state index contributed by atoms with van der Waals surface area (Å²) in [6.45, 7) is 2.56. The zero-order chi connectivity index (χ0) is 15.6. The van der Waals surface area contributed by atoms with Gasteiger partial charge in [0.05, 0.1) is 13.7 Å². The number of amides is 1. The Morgan fingerprint density at radius 1 is 1.43 bits per heavy atom. The molecule has 2 N–H and O–H groups in total. The maximum Gasteiger partial charge on any atom is 0.317 e. The van der Waals surface area contributed by atoms with Crippen LogP contribution >= 0.6 is 0 Å². The summed E-state index contributed by atoms with van der Waals surface area (Å²) in [5.74, 6) is -0.801. The van der Waals surface area contributed by atoms with Crippen molar-refractivity contribution in [2.45, 2.75) is 26.3 Å². The maximum atomic E-state index is 12.4. The first-order valence-electron chi connectivity index (χ1n) is 6.60. The molecule has 1 aromatic heterocycles. The second kappa shape index (κ2) is 5.82. The highest BCUT2D eigenvalue weighted by molar-refractivity contribution is 5.95. The Morgan fingerprint density at radius 2 is 2.14 bits per heavy atom. The predicted molar refractivity (Wildman–Crippen MR) is 75.4 cm³/mol. The van der Waals surface area contributed by atoms with Crippen molar-refractivity contribution < 1.29 is 19.1 Å². The number of fused-ring (bicyclic) bond motifs is 1. The quantitative estimate of drug-likeness (QED) is 0.492. The minimum Gasteiger partial charge on any atom is -0.710 e. The Hall–Kier alpha value is -2.57. The summed E-state index contributed by atoms with van der Waals surface area (Å²) in [7, 11) is 1.27. The molecule has 0 radical (unpaired) electrons. The fourth-order valence-corrected chi connectivity index (χ4v) is 2.30. The van der Waals surface area contributed by atoms with Crippen LogP contribution in [0.25, 0.3) is 11.0 Å². The van der Waals surface area contributed by atoms with Crippen molar-refractivity contribution >= 4 is 22.9 Å². The number of benzene rings is 1. The fourth-order valence-electron chi connectivity index (χ4n) is 2.30. The summed E-state index contributed by atoms with van der Waals surface area (Å²) in [5, 5.41) is 12.4. The molecule has 1 amide bonds. The molecule has 0 saturated heterocycles. The van der Waals surface area contributed by atoms with Crippen LogP contribution in [0.15, 0.2) is 18.2 Å². The molecule has 0 bridgehead atoms. The van der Waals surface area contributed by atoms with Gasteiger partial charge in [0.25, 0.3) is 5.82 Å². The zero-order valence-electron chi connectivity index (χ0n) is 12.0. The highest BCUT2D eigenvalue weighted by Gasteiger charge is 2.24. The Labute approximate surface area is 121 Å². The minimum atomic E-state index is -0.602. The number of rotatable bonds is 5. The van der Waals surface area contributed by atoms with E-state index in [9.17, 15) is 14.8 Å². The third kappa shape index (κ3) is 2.67. The molecular formula is C14H17N3O4. The van der Waals surface area contributed by atoms with E-state index in [2.05, 4.69) is 4.74 Å². The van der Waals surface area contributed by atoms with E-state index in [1.807, 2.05) is 6.92 Å². The molecule has 0 aliphatic carbocycles. The standard InChI is InChI=1S/C14H17N3O4/c1-3-6-16-10-5-4-9(14(15)19)7-11(10)17(20)12(16)8-13(18)21-2/h4-5,7H,3,6,8H2,1-2H3,(H2,15,19). The van der Waals surface area contributed by atoms with Gasteiger partial charge in [0.15, 0.2) is 11.0 Å². The van der Waals surface area contributed by atoms with Crippen molar-refractivity contribution in [2.24, 2.45) is 5.73 Å². The van der Waals surface area contributed by atoms with Crippen molar-refractivity contribution in [3.05, 3.63) is 34.8 Å². The van der Waals surface area contributed by atoms with Crippen LogP contribution in [-0.2, 0) is 22.5 Å². The highest BCUT2D eigenvalue weighted by Crippen LogP contribution is 2.17. The molecule has 1 heterocycles. The summed E-state index contributed by atoms with van der Waals surface area (Å²) in [5.41, 5.74) is 6.47. The van der Waals surface area contributed by atoms with E-state index in [1.165, 1.54) is 13.2 Å². The predicted octanol–water partition coefficient (Wildman–Crippen LogP) is 0.499. The number of hydrogen-bond donors (Lipinski definition) is 1. The van der Waals surface area contributed by atoms with Crippen molar-refractivity contribution in [3.8, 4) is 0 Å². The lowest BCUT2D eigenvalue weighted by atomic mass is 10.2. The molecule has 2 aromatic rings. The average Bonchev–Trinajstić information content (AvgIpc) is 2.72. The van der Waals surface area contributed by atoms with Gasteiger partial charge >= 0.3 is 5.97 Å². The second-order valence-electron chi connectivity index (χ2n) is 4.68. The number of primary amides is 1. The normalized spacial score (nSPS) is 10.8. The van der Waals surface area contributed by atoms with Crippen LogP contribution in [0.5, 0.6) is 0 Å². The van der Waals surface area contributed by atoms with Crippen molar-refractivity contribution in [1.82, 2.24) is 4.57 Å². The summed E-state index contributed by atoms with van der Waals surface area (Å²) in [6.07, 6.45) is 0.677. The molecule has 1 aromatic carbocycles. The molecule has 0 saturated carbocycles. The lowest BCUT2D eigenvalue weighted by molar-refractivity contribution is -0.586. The molecule has 112 valence electrons. The van der Waals surface area contributed by atoms with Crippen LogP contribution in [0.2, 0.25) is 0 Å². The Kier molecular flexibility index (Phi) is 4.11. The van der Waals surface area contributed by atoms with Gasteiger partial charge in [-0.25, -0.2) is 9.30 Å². The summed E-state index contributed by atoms with van der Waals surface area (Å²) in [4.78, 5) is 22.7. The molecule has 2 rings (SSSR count). The Morgan fingerprint density at radius 3 is 2.71 bits per heavy atom. The zero-order valence-corrected chi connectivity index (χ0v) is 12.0. The smallest absolute Gasteiger partial charge is 0.317 e. The largest absolute Gasteiger partial charge is 0.710 e. The molecule has 0 unspecified atom stereocenters. The number of carbonyl (C=O) groups is 2. The van der Waals surface area contributed by atoms with E-state index in [4.69, 9.17) is 5.73 Å². The number of aromatic nitrogens is 2. The molecule has 0 aliphatic rings. The highest BCUT2D eigenvalue weighted by atomic mass is 16.5. The molecule has 0 atom stereocenters. The number of esters is 1. The first-order valence-corrected chi connectivity index (χ1v) is 6.60. The van der Waals surface area contributed by atoms with Gasteiger partial charge in [-0.2, -0.15) is 0 Å². The molecule has 7 heteroatoms. The van der Waals surface area contributed by atoms with E-state index in [1.54, 1.807) is 16.7 Å².